The quantitative estimate of drug-likeness (QED) is 0.809. The monoisotopic (exact) mass is 324 g/mol. The fourth-order valence-electron chi connectivity index (χ4n) is 1.84. The van der Waals surface area contributed by atoms with E-state index in [0.717, 1.165) is 6.26 Å². The molecule has 0 unspecified atom stereocenters. The molecule has 0 spiro atoms. The summed E-state index contributed by atoms with van der Waals surface area (Å²) in [5.74, 6) is 0.937. The largest absolute Gasteiger partial charge is 0.497 e. The number of rotatable bonds is 6. The summed E-state index contributed by atoms with van der Waals surface area (Å²) in [6.07, 6.45) is 1.02. The van der Waals surface area contributed by atoms with Crippen LogP contribution in [-0.4, -0.2) is 28.9 Å². The second-order valence-electron chi connectivity index (χ2n) is 5.01. The first-order valence-corrected chi connectivity index (χ1v) is 8.46. The lowest BCUT2D eigenvalue weighted by atomic mass is 10.1. The normalized spacial score (nSPS) is 12.4. The lowest BCUT2D eigenvalue weighted by Gasteiger charge is -2.17. The Balaban J connectivity index is 3.40. The maximum Gasteiger partial charge on any atom is 0.187 e. The van der Waals surface area contributed by atoms with E-state index in [4.69, 9.17) is 9.47 Å². The first kappa shape index (κ1) is 17.9. The summed E-state index contributed by atoms with van der Waals surface area (Å²) in [5.41, 5.74) is 0.914. The fourth-order valence-corrected chi connectivity index (χ4v) is 2.69. The Labute approximate surface area is 131 Å². The molecule has 0 saturated carbocycles. The van der Waals surface area contributed by atoms with Crippen LogP contribution in [0.1, 0.15) is 13.8 Å². The smallest absolute Gasteiger partial charge is 0.187 e. The molecular formula is C15H20N2O4S. The number of nitriles is 1. The second-order valence-corrected chi connectivity index (χ2v) is 6.96. The zero-order valence-electron chi connectivity index (χ0n) is 13.3. The molecule has 7 heteroatoms. The van der Waals surface area contributed by atoms with Crippen molar-refractivity contribution in [2.24, 2.45) is 5.92 Å². The van der Waals surface area contributed by atoms with E-state index in [0.29, 0.717) is 22.9 Å². The van der Waals surface area contributed by atoms with Crippen molar-refractivity contribution >= 4 is 15.5 Å². The van der Waals surface area contributed by atoms with E-state index in [1.165, 1.54) is 14.2 Å². The third kappa shape index (κ3) is 4.40. The first-order valence-electron chi connectivity index (χ1n) is 6.57. The highest BCUT2D eigenvalue weighted by Crippen LogP contribution is 2.29. The molecule has 0 bridgehead atoms. The number of ether oxygens (including phenoxy) is 2. The van der Waals surface area contributed by atoms with Crippen molar-refractivity contribution in [1.29, 1.82) is 5.26 Å². The number of nitrogens with one attached hydrogen (secondary N) is 1. The topological polar surface area (TPSA) is 88.4 Å². The average Bonchev–Trinajstić information content (AvgIpc) is 2.44. The van der Waals surface area contributed by atoms with Gasteiger partial charge in [-0.3, -0.25) is 0 Å². The van der Waals surface area contributed by atoms with Crippen molar-refractivity contribution in [3.8, 4) is 17.6 Å². The van der Waals surface area contributed by atoms with E-state index in [-0.39, 0.29) is 10.8 Å². The van der Waals surface area contributed by atoms with E-state index in [2.05, 4.69) is 5.32 Å². The molecule has 1 aromatic carbocycles. The number of anilines is 1. The molecule has 120 valence electrons. The van der Waals surface area contributed by atoms with Crippen LogP contribution < -0.4 is 14.8 Å². The minimum atomic E-state index is -3.62. The molecule has 0 aliphatic heterocycles. The van der Waals surface area contributed by atoms with Crippen LogP contribution >= 0.6 is 0 Å². The number of methoxy groups -OCH3 is 2. The van der Waals surface area contributed by atoms with Crippen LogP contribution in [0.25, 0.3) is 0 Å². The molecule has 0 atom stereocenters. The van der Waals surface area contributed by atoms with Gasteiger partial charge in [0, 0.05) is 35.8 Å². The first-order chi connectivity index (χ1) is 10.2. The van der Waals surface area contributed by atoms with Gasteiger partial charge in [-0.2, -0.15) is 5.26 Å². The lowest BCUT2D eigenvalue weighted by Crippen LogP contribution is -2.14. The van der Waals surface area contributed by atoms with Crippen LogP contribution in [0.2, 0.25) is 0 Å². The number of nitrogens with zero attached hydrogens (tertiary/aromatic N) is 1. The third-order valence-electron chi connectivity index (χ3n) is 2.92. The Bertz CT molecular complexity index is 693. The van der Waals surface area contributed by atoms with E-state index < -0.39 is 9.84 Å². The molecule has 0 saturated heterocycles. The van der Waals surface area contributed by atoms with Gasteiger partial charge in [0.1, 0.15) is 17.6 Å². The van der Waals surface area contributed by atoms with E-state index in [1.807, 2.05) is 13.8 Å². The molecule has 1 aromatic rings. The molecule has 0 fully saturated rings. The average molecular weight is 324 g/mol. The van der Waals surface area contributed by atoms with Crippen LogP contribution in [0.3, 0.4) is 0 Å². The Morgan fingerprint density at radius 3 is 2.00 bits per heavy atom. The number of benzene rings is 1. The van der Waals surface area contributed by atoms with Gasteiger partial charge < -0.3 is 14.8 Å². The Morgan fingerprint density at radius 2 is 1.68 bits per heavy atom. The van der Waals surface area contributed by atoms with Crippen molar-refractivity contribution < 1.29 is 17.9 Å². The predicted octanol–water partition coefficient (Wildman–Crippen LogP) is 2.55. The number of sulfone groups is 1. The summed E-state index contributed by atoms with van der Waals surface area (Å²) in [6, 6.07) is 6.86. The summed E-state index contributed by atoms with van der Waals surface area (Å²) in [5, 5.41) is 12.2. The molecule has 0 heterocycles. The molecule has 0 aromatic heterocycles. The van der Waals surface area contributed by atoms with Gasteiger partial charge in [-0.1, -0.05) is 13.8 Å². The molecule has 1 rings (SSSR count). The van der Waals surface area contributed by atoms with Gasteiger partial charge >= 0.3 is 0 Å². The van der Waals surface area contributed by atoms with Gasteiger partial charge in [0.05, 0.1) is 14.2 Å². The van der Waals surface area contributed by atoms with Crippen LogP contribution in [0, 0.1) is 17.2 Å². The molecular weight excluding hydrogens is 304 g/mol. The van der Waals surface area contributed by atoms with Crippen molar-refractivity contribution in [3.63, 3.8) is 0 Å². The van der Waals surface area contributed by atoms with Crippen molar-refractivity contribution in [3.05, 3.63) is 28.8 Å². The SMILES string of the molecule is COc1cc(NC(=C(C#N)S(C)(=O)=O)C(C)C)cc(OC)c1. The summed E-state index contributed by atoms with van der Waals surface area (Å²) < 4.78 is 33.9. The molecule has 0 radical (unpaired) electrons. The molecule has 0 aliphatic carbocycles. The second kappa shape index (κ2) is 7.18. The van der Waals surface area contributed by atoms with Crippen molar-refractivity contribution in [2.45, 2.75) is 13.8 Å². The standard InChI is InChI=1S/C15H20N2O4S/c1-10(2)15(14(9-16)22(5,18)19)17-11-6-12(20-3)8-13(7-11)21-4/h6-8,10,17H,1-5H3. The van der Waals surface area contributed by atoms with Crippen LogP contribution in [0.15, 0.2) is 28.8 Å². The van der Waals surface area contributed by atoms with Gasteiger partial charge in [0.2, 0.25) is 0 Å². The van der Waals surface area contributed by atoms with Gasteiger partial charge in [-0.25, -0.2) is 8.42 Å². The highest BCUT2D eigenvalue weighted by atomic mass is 32.2. The maximum absolute atomic E-state index is 11.8. The van der Waals surface area contributed by atoms with E-state index in [9.17, 15) is 13.7 Å². The summed E-state index contributed by atoms with van der Waals surface area (Å²) in [6.45, 7) is 3.62. The lowest BCUT2D eigenvalue weighted by molar-refractivity contribution is 0.394. The van der Waals surface area contributed by atoms with Crippen LogP contribution in [-0.2, 0) is 9.84 Å². The minimum Gasteiger partial charge on any atom is -0.497 e. The van der Waals surface area contributed by atoms with E-state index >= 15 is 0 Å². The van der Waals surface area contributed by atoms with E-state index in [1.54, 1.807) is 24.3 Å². The van der Waals surface area contributed by atoms with Gasteiger partial charge in [0.15, 0.2) is 14.7 Å². The van der Waals surface area contributed by atoms with Gasteiger partial charge in [0.25, 0.3) is 0 Å². The minimum absolute atomic E-state index is 0.179. The molecule has 22 heavy (non-hydrogen) atoms. The highest BCUT2D eigenvalue weighted by Gasteiger charge is 2.20. The summed E-state index contributed by atoms with van der Waals surface area (Å²) >= 11 is 0. The predicted molar refractivity (Wildman–Crippen MR) is 85.5 cm³/mol. The third-order valence-corrected chi connectivity index (χ3v) is 3.98. The van der Waals surface area contributed by atoms with Crippen LogP contribution in [0.5, 0.6) is 11.5 Å². The van der Waals surface area contributed by atoms with Gasteiger partial charge in [-0.15, -0.1) is 0 Å². The highest BCUT2D eigenvalue weighted by molar-refractivity contribution is 7.94. The fraction of sp³-hybridized carbons (Fsp3) is 0.400. The molecule has 6 nitrogen and oxygen atoms in total. The van der Waals surface area contributed by atoms with Crippen LogP contribution in [0.4, 0.5) is 5.69 Å². The molecule has 1 N–H and O–H groups in total. The Kier molecular flexibility index (Phi) is 5.83. The molecule has 0 aliphatic rings. The summed E-state index contributed by atoms with van der Waals surface area (Å²) in [4.78, 5) is -0.274. The number of hydrogen-bond acceptors (Lipinski definition) is 6. The summed E-state index contributed by atoms with van der Waals surface area (Å²) in [7, 11) is -0.572. The zero-order valence-corrected chi connectivity index (χ0v) is 14.1. The Hall–Kier alpha value is -2.20. The Morgan fingerprint density at radius 1 is 1.18 bits per heavy atom. The number of hydrogen-bond donors (Lipinski definition) is 1. The number of allylic oxidation sites excluding steroid dienone is 2. The van der Waals surface area contributed by atoms with Crippen molar-refractivity contribution in [2.75, 3.05) is 25.8 Å². The zero-order chi connectivity index (χ0) is 16.9. The maximum atomic E-state index is 11.8. The van der Waals surface area contributed by atoms with Crippen molar-refractivity contribution in [1.82, 2.24) is 0 Å². The van der Waals surface area contributed by atoms with Gasteiger partial charge in [-0.05, 0) is 5.92 Å². The molecule has 0 amide bonds.